The fourth-order valence-corrected chi connectivity index (χ4v) is 5.00. The molecule has 0 aromatic heterocycles. The van der Waals surface area contributed by atoms with Gasteiger partial charge in [-0.1, -0.05) is 18.2 Å². The Balaban J connectivity index is 1.39. The summed E-state index contributed by atoms with van der Waals surface area (Å²) in [4.78, 5) is 24.8. The Morgan fingerprint density at radius 2 is 1.85 bits per heavy atom. The van der Waals surface area contributed by atoms with Gasteiger partial charge >= 0.3 is 0 Å². The van der Waals surface area contributed by atoms with Crippen molar-refractivity contribution in [2.75, 3.05) is 23.2 Å². The van der Waals surface area contributed by atoms with Crippen molar-refractivity contribution in [1.29, 1.82) is 0 Å². The van der Waals surface area contributed by atoms with Gasteiger partial charge in [-0.15, -0.1) is 0 Å². The molecule has 0 atom stereocenters. The minimum Gasteiger partial charge on any atom is -0.374 e. The summed E-state index contributed by atoms with van der Waals surface area (Å²) in [6, 6.07) is 17.0. The smallest absolute Gasteiger partial charge is 0.270 e. The van der Waals surface area contributed by atoms with Crippen molar-refractivity contribution in [1.82, 2.24) is 5.32 Å². The van der Waals surface area contributed by atoms with Crippen LogP contribution in [0.1, 0.15) is 27.9 Å². The number of nitrogens with one attached hydrogen (secondary N) is 2. The van der Waals surface area contributed by atoms with Gasteiger partial charge in [-0.05, 0) is 60.4 Å². The molecule has 0 radical (unpaired) electrons. The molecule has 0 aliphatic carbocycles. The predicted octanol–water partition coefficient (Wildman–Crippen LogP) is 3.71. The zero-order valence-corrected chi connectivity index (χ0v) is 19.3. The molecule has 1 heterocycles. The summed E-state index contributed by atoms with van der Waals surface area (Å²) in [5.41, 5.74) is 3.83. The van der Waals surface area contributed by atoms with E-state index in [0.29, 0.717) is 12.1 Å². The molecule has 10 heteroatoms. The number of benzene rings is 3. The molecule has 176 valence electrons. The molecule has 4 rings (SSSR count). The van der Waals surface area contributed by atoms with Crippen molar-refractivity contribution in [2.24, 2.45) is 0 Å². The third kappa shape index (κ3) is 5.18. The Bertz CT molecular complexity index is 1340. The van der Waals surface area contributed by atoms with Crippen LogP contribution in [0.3, 0.4) is 0 Å². The Morgan fingerprint density at radius 3 is 2.59 bits per heavy atom. The van der Waals surface area contributed by atoms with Gasteiger partial charge in [0.25, 0.3) is 21.6 Å². The second-order valence-electron chi connectivity index (χ2n) is 8.11. The molecule has 0 bridgehead atoms. The number of hydrogen-bond donors (Lipinski definition) is 2. The molecule has 1 aliphatic heterocycles. The molecule has 1 amide bonds. The van der Waals surface area contributed by atoms with E-state index in [-0.39, 0.29) is 22.2 Å². The van der Waals surface area contributed by atoms with Crippen LogP contribution in [0.2, 0.25) is 0 Å². The van der Waals surface area contributed by atoms with Crippen LogP contribution in [0.5, 0.6) is 0 Å². The normalized spacial score (nSPS) is 13.1. The van der Waals surface area contributed by atoms with Gasteiger partial charge in [0.2, 0.25) is 0 Å². The third-order valence-electron chi connectivity index (χ3n) is 5.69. The zero-order valence-electron chi connectivity index (χ0n) is 18.5. The van der Waals surface area contributed by atoms with Crippen LogP contribution < -0.4 is 14.9 Å². The topological polar surface area (TPSA) is 122 Å². The first-order chi connectivity index (χ1) is 16.2. The molecule has 0 spiro atoms. The lowest BCUT2D eigenvalue weighted by Crippen LogP contribution is -2.25. The number of rotatable bonds is 7. The van der Waals surface area contributed by atoms with E-state index in [1.807, 2.05) is 6.07 Å². The van der Waals surface area contributed by atoms with Crippen molar-refractivity contribution in [3.8, 4) is 0 Å². The van der Waals surface area contributed by atoms with Crippen molar-refractivity contribution in [2.45, 2.75) is 24.3 Å². The molecule has 0 fully saturated rings. The van der Waals surface area contributed by atoms with Crippen molar-refractivity contribution in [3.05, 3.63) is 93.5 Å². The number of aryl methyl sites for hydroxylation is 1. The number of anilines is 2. The largest absolute Gasteiger partial charge is 0.374 e. The number of hydrogen-bond acceptors (Lipinski definition) is 6. The Kier molecular flexibility index (Phi) is 6.51. The lowest BCUT2D eigenvalue weighted by molar-refractivity contribution is -0.385. The van der Waals surface area contributed by atoms with Crippen LogP contribution in [-0.4, -0.2) is 32.8 Å². The van der Waals surface area contributed by atoms with Gasteiger partial charge in [-0.2, -0.15) is 0 Å². The van der Waals surface area contributed by atoms with E-state index in [2.05, 4.69) is 34.1 Å². The van der Waals surface area contributed by atoms with Gasteiger partial charge in [0.05, 0.1) is 9.82 Å². The number of fused-ring (bicyclic) bond motifs is 1. The minimum absolute atomic E-state index is 0.222. The fourth-order valence-electron chi connectivity index (χ4n) is 3.90. The quantitative estimate of drug-likeness (QED) is 0.393. The molecule has 0 saturated heterocycles. The average molecular weight is 481 g/mol. The van der Waals surface area contributed by atoms with Crippen LogP contribution in [-0.2, 0) is 23.0 Å². The summed E-state index contributed by atoms with van der Waals surface area (Å²) in [5, 5.41) is 13.8. The summed E-state index contributed by atoms with van der Waals surface area (Å²) < 4.78 is 27.5. The summed E-state index contributed by atoms with van der Waals surface area (Å²) in [6.07, 6.45) is 2.13. The molecular weight excluding hydrogens is 456 g/mol. The predicted molar refractivity (Wildman–Crippen MR) is 130 cm³/mol. The Morgan fingerprint density at radius 1 is 1.09 bits per heavy atom. The standard InChI is InChI=1S/C24H24N4O5S/c1-27-13-3-4-19-14-17(7-12-23(19)27)16-25-24(29)18-8-10-20(11-9-18)26-34(32,33)22-6-2-5-21(15-22)28(30)31/h2,5-12,14-15,26H,3-4,13,16H2,1H3,(H,25,29). The summed E-state index contributed by atoms with van der Waals surface area (Å²) in [5.74, 6) is -0.275. The molecule has 9 nitrogen and oxygen atoms in total. The lowest BCUT2D eigenvalue weighted by atomic mass is 9.99. The molecular formula is C24H24N4O5S. The number of carbonyl (C=O) groups excluding carboxylic acids is 1. The van der Waals surface area contributed by atoms with E-state index in [0.717, 1.165) is 31.0 Å². The average Bonchev–Trinajstić information content (AvgIpc) is 2.83. The molecule has 0 unspecified atom stereocenters. The second-order valence-corrected chi connectivity index (χ2v) is 9.79. The SMILES string of the molecule is CN1CCCc2cc(CNC(=O)c3ccc(NS(=O)(=O)c4cccc([N+](=O)[O-])c4)cc3)ccc21. The van der Waals surface area contributed by atoms with E-state index < -0.39 is 14.9 Å². The molecule has 34 heavy (non-hydrogen) atoms. The molecule has 2 N–H and O–H groups in total. The highest BCUT2D eigenvalue weighted by molar-refractivity contribution is 7.92. The minimum atomic E-state index is -4.02. The number of nitrogens with zero attached hydrogens (tertiary/aromatic N) is 2. The van der Waals surface area contributed by atoms with E-state index in [1.54, 1.807) is 0 Å². The maximum absolute atomic E-state index is 12.6. The molecule has 0 saturated carbocycles. The number of nitro benzene ring substituents is 1. The zero-order chi connectivity index (χ0) is 24.3. The first-order valence-electron chi connectivity index (χ1n) is 10.7. The van der Waals surface area contributed by atoms with E-state index >= 15 is 0 Å². The van der Waals surface area contributed by atoms with Crippen molar-refractivity contribution >= 4 is 33.0 Å². The first-order valence-corrected chi connectivity index (χ1v) is 12.2. The van der Waals surface area contributed by atoms with Gasteiger partial charge in [-0.25, -0.2) is 8.42 Å². The first kappa shape index (κ1) is 23.2. The van der Waals surface area contributed by atoms with Gasteiger partial charge in [-0.3, -0.25) is 19.6 Å². The van der Waals surface area contributed by atoms with E-state index in [4.69, 9.17) is 0 Å². The fraction of sp³-hybridized carbons (Fsp3) is 0.208. The number of nitro groups is 1. The number of sulfonamides is 1. The van der Waals surface area contributed by atoms with Crippen LogP contribution in [0.25, 0.3) is 0 Å². The van der Waals surface area contributed by atoms with Gasteiger partial charge in [0, 0.05) is 49.2 Å². The number of amides is 1. The summed E-state index contributed by atoms with van der Waals surface area (Å²) >= 11 is 0. The van der Waals surface area contributed by atoms with E-state index in [1.165, 1.54) is 53.7 Å². The lowest BCUT2D eigenvalue weighted by Gasteiger charge is -2.27. The van der Waals surface area contributed by atoms with Crippen molar-refractivity contribution < 1.29 is 18.1 Å². The highest BCUT2D eigenvalue weighted by atomic mass is 32.2. The van der Waals surface area contributed by atoms with Crippen LogP contribution in [0.4, 0.5) is 17.1 Å². The summed E-state index contributed by atoms with van der Waals surface area (Å²) in [6.45, 7) is 1.43. The monoisotopic (exact) mass is 480 g/mol. The highest BCUT2D eigenvalue weighted by Gasteiger charge is 2.18. The van der Waals surface area contributed by atoms with Crippen molar-refractivity contribution in [3.63, 3.8) is 0 Å². The van der Waals surface area contributed by atoms with Crippen LogP contribution in [0.15, 0.2) is 71.6 Å². The second kappa shape index (κ2) is 9.52. The molecule has 3 aromatic carbocycles. The number of non-ortho nitro benzene ring substituents is 1. The Hall–Kier alpha value is -3.92. The van der Waals surface area contributed by atoms with E-state index in [9.17, 15) is 23.3 Å². The Labute approximate surface area is 197 Å². The maximum atomic E-state index is 12.6. The van der Waals surface area contributed by atoms with Gasteiger partial charge < -0.3 is 10.2 Å². The maximum Gasteiger partial charge on any atom is 0.270 e. The molecule has 3 aromatic rings. The highest BCUT2D eigenvalue weighted by Crippen LogP contribution is 2.27. The summed E-state index contributed by atoms with van der Waals surface area (Å²) in [7, 11) is -1.94. The van der Waals surface area contributed by atoms with Crippen LogP contribution >= 0.6 is 0 Å². The molecule has 1 aliphatic rings. The van der Waals surface area contributed by atoms with Crippen LogP contribution in [0, 0.1) is 10.1 Å². The van der Waals surface area contributed by atoms with Gasteiger partial charge in [0.1, 0.15) is 0 Å². The third-order valence-corrected chi connectivity index (χ3v) is 7.06. The van der Waals surface area contributed by atoms with Gasteiger partial charge in [0.15, 0.2) is 0 Å². The number of carbonyl (C=O) groups is 1.